The number of anilines is 2. The number of carbonyl (C=O) groups excluding carboxylic acids is 3. The maximum atomic E-state index is 12.2. The van der Waals surface area contributed by atoms with Gasteiger partial charge in [0, 0.05) is 35.2 Å². The number of amides is 2. The van der Waals surface area contributed by atoms with E-state index >= 15 is 0 Å². The minimum atomic E-state index is -1.05. The topological polar surface area (TPSA) is 175 Å². The quantitative estimate of drug-likeness (QED) is 0.269. The van der Waals surface area contributed by atoms with Crippen LogP contribution in [0.15, 0.2) is 42.6 Å². The number of rotatable bonds is 3. The van der Waals surface area contributed by atoms with Crippen molar-refractivity contribution in [3.8, 4) is 0 Å². The minimum absolute atomic E-state index is 0.0856. The van der Waals surface area contributed by atoms with Crippen molar-refractivity contribution in [2.75, 3.05) is 17.2 Å². The van der Waals surface area contributed by atoms with E-state index in [1.54, 1.807) is 24.4 Å². The summed E-state index contributed by atoms with van der Waals surface area (Å²) in [5.41, 5.74) is 5.27. The van der Waals surface area contributed by atoms with Gasteiger partial charge in [0.05, 0.1) is 35.3 Å². The first-order valence-electron chi connectivity index (χ1n) is 11.2. The van der Waals surface area contributed by atoms with Crippen LogP contribution < -0.4 is 10.6 Å². The normalized spacial score (nSPS) is 16.0. The molecular weight excluding hydrogens is 482 g/mol. The number of carboxylic acids is 2. The van der Waals surface area contributed by atoms with E-state index in [1.165, 1.54) is 24.3 Å². The second-order valence-electron chi connectivity index (χ2n) is 8.46. The zero-order valence-electron chi connectivity index (χ0n) is 19.1. The number of aromatic carboxylic acids is 2. The average molecular weight is 501 g/mol. The van der Waals surface area contributed by atoms with E-state index in [-0.39, 0.29) is 28.9 Å². The lowest BCUT2D eigenvalue weighted by atomic mass is 10.0. The van der Waals surface area contributed by atoms with Gasteiger partial charge in [0.1, 0.15) is 0 Å². The third kappa shape index (κ3) is 4.45. The molecule has 3 aliphatic rings. The summed E-state index contributed by atoms with van der Waals surface area (Å²) < 4.78 is 4.99. The highest BCUT2D eigenvalue weighted by Gasteiger charge is 2.27. The maximum Gasteiger partial charge on any atom is 0.339 e. The fraction of sp³-hybridized carbons (Fsp3) is 0.115. The minimum Gasteiger partial charge on any atom is -0.478 e. The number of cyclic esters (lactones) is 1. The molecule has 2 aromatic carbocycles. The molecule has 0 bridgehead atoms. The van der Waals surface area contributed by atoms with Gasteiger partial charge in [-0.2, -0.15) is 0 Å². The van der Waals surface area contributed by atoms with Crippen molar-refractivity contribution in [3.63, 3.8) is 0 Å². The summed E-state index contributed by atoms with van der Waals surface area (Å²) in [7, 11) is 0. The molecule has 3 aliphatic heterocycles. The van der Waals surface area contributed by atoms with Crippen LogP contribution in [-0.2, 0) is 27.2 Å². The van der Waals surface area contributed by atoms with Crippen molar-refractivity contribution >= 4 is 52.7 Å². The predicted octanol–water partition coefficient (Wildman–Crippen LogP) is 2.80. The Labute approximate surface area is 208 Å². The SMILES string of the molecule is O=C1Cc2ccc(C(=O)O)cc2N1.O=C1Nc2cc(C(=O)O)ccc2C1=Cc1[nH]cc2c1CCOC2=O. The Kier molecular flexibility index (Phi) is 5.80. The number of hydrogen-bond donors (Lipinski definition) is 5. The number of carboxylic acid groups (broad SMARTS) is 2. The van der Waals surface area contributed by atoms with E-state index in [0.29, 0.717) is 53.2 Å². The molecule has 0 fully saturated rings. The Bertz CT molecular complexity index is 1550. The smallest absolute Gasteiger partial charge is 0.339 e. The van der Waals surface area contributed by atoms with Crippen molar-refractivity contribution in [2.45, 2.75) is 12.8 Å². The number of aromatic nitrogens is 1. The highest BCUT2D eigenvalue weighted by molar-refractivity contribution is 6.35. The van der Waals surface area contributed by atoms with Gasteiger partial charge in [-0.05, 0) is 41.5 Å². The van der Waals surface area contributed by atoms with Crippen LogP contribution in [0.2, 0.25) is 0 Å². The number of aromatic amines is 1. The lowest BCUT2D eigenvalue weighted by Gasteiger charge is -2.12. The Morgan fingerprint density at radius 1 is 0.892 bits per heavy atom. The molecule has 37 heavy (non-hydrogen) atoms. The van der Waals surface area contributed by atoms with E-state index in [4.69, 9.17) is 14.9 Å². The van der Waals surface area contributed by atoms with Gasteiger partial charge in [0.2, 0.25) is 5.91 Å². The summed E-state index contributed by atoms with van der Waals surface area (Å²) in [4.78, 5) is 59.5. The van der Waals surface area contributed by atoms with Gasteiger partial charge < -0.3 is 30.6 Å². The molecule has 6 rings (SSSR count). The van der Waals surface area contributed by atoms with Crippen LogP contribution in [0.1, 0.15) is 53.5 Å². The number of carbonyl (C=O) groups is 5. The number of ether oxygens (including phenoxy) is 1. The number of esters is 1. The lowest BCUT2D eigenvalue weighted by molar-refractivity contribution is -0.115. The molecule has 0 aliphatic carbocycles. The second kappa shape index (κ2) is 9.11. The van der Waals surface area contributed by atoms with Gasteiger partial charge in [0.25, 0.3) is 5.91 Å². The van der Waals surface area contributed by atoms with Crippen LogP contribution in [0.4, 0.5) is 11.4 Å². The molecule has 0 unspecified atom stereocenters. The van der Waals surface area contributed by atoms with Gasteiger partial charge in [0.15, 0.2) is 0 Å². The predicted molar refractivity (Wildman–Crippen MR) is 130 cm³/mol. The summed E-state index contributed by atoms with van der Waals surface area (Å²) in [5, 5.41) is 23.0. The first-order valence-corrected chi connectivity index (χ1v) is 11.2. The summed E-state index contributed by atoms with van der Waals surface area (Å²) in [5.74, 6) is -2.81. The average Bonchev–Trinajstić information content (AvgIpc) is 3.53. The van der Waals surface area contributed by atoms with E-state index in [2.05, 4.69) is 15.6 Å². The van der Waals surface area contributed by atoms with Crippen molar-refractivity contribution in [1.82, 2.24) is 4.98 Å². The fourth-order valence-corrected chi connectivity index (χ4v) is 4.34. The molecule has 0 radical (unpaired) electrons. The molecule has 4 heterocycles. The number of nitrogens with one attached hydrogen (secondary N) is 3. The van der Waals surface area contributed by atoms with Crippen LogP contribution in [0, 0.1) is 0 Å². The van der Waals surface area contributed by atoms with Gasteiger partial charge in [-0.1, -0.05) is 12.1 Å². The first-order chi connectivity index (χ1) is 17.7. The Morgan fingerprint density at radius 2 is 1.59 bits per heavy atom. The van der Waals surface area contributed by atoms with Crippen molar-refractivity contribution in [3.05, 3.63) is 81.7 Å². The van der Waals surface area contributed by atoms with Crippen LogP contribution in [0.25, 0.3) is 11.6 Å². The van der Waals surface area contributed by atoms with Crippen molar-refractivity contribution in [1.29, 1.82) is 0 Å². The van der Waals surface area contributed by atoms with Gasteiger partial charge >= 0.3 is 17.9 Å². The number of H-pyrrole nitrogens is 1. The molecule has 186 valence electrons. The molecule has 0 saturated carbocycles. The van der Waals surface area contributed by atoms with Crippen LogP contribution in [0.5, 0.6) is 0 Å². The Morgan fingerprint density at radius 3 is 2.32 bits per heavy atom. The van der Waals surface area contributed by atoms with Gasteiger partial charge in [-0.3, -0.25) is 9.59 Å². The highest BCUT2D eigenvalue weighted by atomic mass is 16.5. The summed E-state index contributed by atoms with van der Waals surface area (Å²) in [6.45, 7) is 0.310. The van der Waals surface area contributed by atoms with E-state index in [9.17, 15) is 24.0 Å². The molecule has 0 saturated heterocycles. The molecule has 1 aromatic heterocycles. The Hall–Kier alpha value is -5.19. The maximum absolute atomic E-state index is 12.2. The molecule has 2 amide bonds. The molecule has 5 N–H and O–H groups in total. The van der Waals surface area contributed by atoms with E-state index in [0.717, 1.165) is 11.1 Å². The zero-order chi connectivity index (χ0) is 26.3. The highest BCUT2D eigenvalue weighted by Crippen LogP contribution is 2.35. The monoisotopic (exact) mass is 501 g/mol. The third-order valence-electron chi connectivity index (χ3n) is 6.15. The van der Waals surface area contributed by atoms with Crippen LogP contribution in [0.3, 0.4) is 0 Å². The van der Waals surface area contributed by atoms with E-state index in [1.807, 2.05) is 0 Å². The lowest BCUT2D eigenvalue weighted by Crippen LogP contribution is -2.16. The third-order valence-corrected chi connectivity index (χ3v) is 6.15. The van der Waals surface area contributed by atoms with Crippen molar-refractivity contribution in [2.24, 2.45) is 0 Å². The molecule has 3 aromatic rings. The first kappa shape index (κ1) is 23.5. The van der Waals surface area contributed by atoms with Crippen molar-refractivity contribution < 1.29 is 38.9 Å². The molecule has 11 nitrogen and oxygen atoms in total. The largest absolute Gasteiger partial charge is 0.478 e. The van der Waals surface area contributed by atoms with Crippen LogP contribution >= 0.6 is 0 Å². The molecule has 0 spiro atoms. The van der Waals surface area contributed by atoms with Gasteiger partial charge in [-0.15, -0.1) is 0 Å². The number of benzene rings is 2. The van der Waals surface area contributed by atoms with Crippen LogP contribution in [-0.4, -0.2) is 51.5 Å². The molecule has 0 atom stereocenters. The Balaban J connectivity index is 0.000000182. The summed E-state index contributed by atoms with van der Waals surface area (Å²) in [6, 6.07) is 9.13. The summed E-state index contributed by atoms with van der Waals surface area (Å²) >= 11 is 0. The number of fused-ring (bicyclic) bond motifs is 3. The molecule has 11 heteroatoms. The second-order valence-corrected chi connectivity index (χ2v) is 8.46. The number of hydrogen-bond acceptors (Lipinski definition) is 6. The van der Waals surface area contributed by atoms with Gasteiger partial charge in [-0.25, -0.2) is 14.4 Å². The van der Waals surface area contributed by atoms with E-state index < -0.39 is 11.9 Å². The fourth-order valence-electron chi connectivity index (χ4n) is 4.34. The zero-order valence-corrected chi connectivity index (χ0v) is 19.1. The molecular formula is C26H19N3O8. The summed E-state index contributed by atoms with van der Waals surface area (Å²) in [6.07, 6.45) is 4.18. The standard InChI is InChI=1S/C17H12N2O5.C9H7NO3/c20-15-11(9-2-1-8(16(21)22)5-14(9)19-15)6-13-10-3-4-24-17(23)12(10)7-18-13;11-8-4-5-1-2-6(9(12)13)3-7(5)10-8/h1-2,5-7,18H,3-4H2,(H,19,20)(H,21,22);1-3H,4H2,(H,10,11)(H,12,13).